The maximum absolute atomic E-state index is 13.5. The van der Waals surface area contributed by atoms with Gasteiger partial charge in [0.25, 0.3) is 5.91 Å². The van der Waals surface area contributed by atoms with Crippen LogP contribution in [0, 0.1) is 12.3 Å². The third kappa shape index (κ3) is 4.89. The van der Waals surface area contributed by atoms with Crippen molar-refractivity contribution >= 4 is 40.0 Å². The fourth-order valence-electron chi connectivity index (χ4n) is 4.64. The van der Waals surface area contributed by atoms with E-state index in [2.05, 4.69) is 20.6 Å². The standard InChI is InChI=1S/C29H26F3N5O2/c1-16-5-6-18(12-21(16)17-7-9-22-19(11-17)14-34-27(33-4)36-22)25(38)35-23-13-20(29(30,31)32)8-10-24(23)37-15-28(2,3)26(37)39/h5-14H,15H2,1-4H3,(H,35,38)(H,33,34,36). The minimum absolute atomic E-state index is 0.0796. The number of carbonyl (C=O) groups is 2. The second-order valence-electron chi connectivity index (χ2n) is 10.2. The first-order valence-corrected chi connectivity index (χ1v) is 12.3. The largest absolute Gasteiger partial charge is 0.416 e. The van der Waals surface area contributed by atoms with Crippen LogP contribution in [0.1, 0.15) is 35.3 Å². The third-order valence-corrected chi connectivity index (χ3v) is 6.85. The van der Waals surface area contributed by atoms with Crippen LogP contribution in [0.4, 0.5) is 30.5 Å². The predicted octanol–water partition coefficient (Wildman–Crippen LogP) is 6.29. The number of alkyl halides is 3. The van der Waals surface area contributed by atoms with E-state index in [1.807, 2.05) is 25.1 Å². The fourth-order valence-corrected chi connectivity index (χ4v) is 4.64. The average Bonchev–Trinajstić information content (AvgIpc) is 2.90. The molecule has 1 fully saturated rings. The molecular formula is C29H26F3N5O2. The number of aromatic nitrogens is 2. The van der Waals surface area contributed by atoms with Crippen LogP contribution in [0.2, 0.25) is 0 Å². The Morgan fingerprint density at radius 3 is 2.49 bits per heavy atom. The third-order valence-electron chi connectivity index (χ3n) is 6.85. The normalized spacial score (nSPS) is 14.7. The predicted molar refractivity (Wildman–Crippen MR) is 145 cm³/mol. The molecule has 0 aliphatic carbocycles. The zero-order valence-corrected chi connectivity index (χ0v) is 21.8. The van der Waals surface area contributed by atoms with Gasteiger partial charge in [-0.15, -0.1) is 0 Å². The summed E-state index contributed by atoms with van der Waals surface area (Å²) in [7, 11) is 1.74. The van der Waals surface area contributed by atoms with Gasteiger partial charge in [-0.3, -0.25) is 9.59 Å². The summed E-state index contributed by atoms with van der Waals surface area (Å²) < 4.78 is 40.5. The first kappa shape index (κ1) is 26.1. The quantitative estimate of drug-likeness (QED) is 0.295. The zero-order chi connectivity index (χ0) is 28.1. The molecule has 0 bridgehead atoms. The molecule has 1 aromatic heterocycles. The van der Waals surface area contributed by atoms with E-state index in [0.717, 1.165) is 39.7 Å². The first-order valence-electron chi connectivity index (χ1n) is 12.3. The minimum atomic E-state index is -4.61. The van der Waals surface area contributed by atoms with Crippen LogP contribution in [-0.4, -0.2) is 35.4 Å². The van der Waals surface area contributed by atoms with Crippen molar-refractivity contribution < 1.29 is 22.8 Å². The Kier molecular flexibility index (Phi) is 6.28. The number of carbonyl (C=O) groups excluding carboxylic acids is 2. The molecule has 1 aliphatic rings. The topological polar surface area (TPSA) is 87.2 Å². The highest BCUT2D eigenvalue weighted by Gasteiger charge is 2.46. The van der Waals surface area contributed by atoms with E-state index in [1.54, 1.807) is 45.3 Å². The van der Waals surface area contributed by atoms with E-state index in [0.29, 0.717) is 12.5 Å². The highest BCUT2D eigenvalue weighted by molar-refractivity contribution is 6.11. The first-order chi connectivity index (χ1) is 18.4. The Hall–Kier alpha value is -4.47. The number of benzene rings is 3. The molecule has 0 saturated carbocycles. The van der Waals surface area contributed by atoms with Gasteiger partial charge in [0.05, 0.1) is 27.9 Å². The lowest BCUT2D eigenvalue weighted by molar-refractivity contribution is -0.137. The highest BCUT2D eigenvalue weighted by Crippen LogP contribution is 2.41. The van der Waals surface area contributed by atoms with Gasteiger partial charge in [0.2, 0.25) is 11.9 Å². The van der Waals surface area contributed by atoms with Gasteiger partial charge in [0, 0.05) is 30.7 Å². The number of nitrogens with one attached hydrogen (secondary N) is 2. The van der Waals surface area contributed by atoms with Crippen LogP contribution in [0.25, 0.3) is 22.0 Å². The van der Waals surface area contributed by atoms with E-state index in [1.165, 1.54) is 11.0 Å². The fraction of sp³-hybridized carbons (Fsp3) is 0.241. The van der Waals surface area contributed by atoms with Crippen LogP contribution < -0.4 is 15.5 Å². The van der Waals surface area contributed by atoms with Crippen molar-refractivity contribution in [2.24, 2.45) is 5.41 Å². The van der Waals surface area contributed by atoms with Gasteiger partial charge < -0.3 is 15.5 Å². The van der Waals surface area contributed by atoms with Gasteiger partial charge in [0.15, 0.2) is 0 Å². The summed E-state index contributed by atoms with van der Waals surface area (Å²) in [6, 6.07) is 13.8. The molecular weight excluding hydrogens is 507 g/mol. The summed E-state index contributed by atoms with van der Waals surface area (Å²) in [5.41, 5.74) is 2.16. The molecule has 200 valence electrons. The molecule has 4 aromatic rings. The SMILES string of the molecule is CNc1ncc2cc(-c3cc(C(=O)Nc4cc(C(F)(F)F)ccc4N4CC(C)(C)C4=O)ccc3C)ccc2n1. The van der Waals surface area contributed by atoms with Crippen molar-refractivity contribution in [1.82, 2.24) is 9.97 Å². The van der Waals surface area contributed by atoms with Crippen LogP contribution in [0.3, 0.4) is 0 Å². The van der Waals surface area contributed by atoms with Gasteiger partial charge >= 0.3 is 6.18 Å². The summed E-state index contributed by atoms with van der Waals surface area (Å²) in [6.07, 6.45) is -2.90. The lowest BCUT2D eigenvalue weighted by Crippen LogP contribution is -2.58. The van der Waals surface area contributed by atoms with Crippen molar-refractivity contribution in [3.05, 3.63) is 77.5 Å². The van der Waals surface area contributed by atoms with E-state index in [9.17, 15) is 22.8 Å². The van der Waals surface area contributed by atoms with Crippen molar-refractivity contribution in [3.8, 4) is 11.1 Å². The lowest BCUT2D eigenvalue weighted by atomic mass is 9.82. The number of aryl methyl sites for hydroxylation is 1. The number of fused-ring (bicyclic) bond motifs is 1. The minimum Gasteiger partial charge on any atom is -0.357 e. The molecule has 3 aromatic carbocycles. The molecule has 0 radical (unpaired) electrons. The van der Waals surface area contributed by atoms with Gasteiger partial charge in [0.1, 0.15) is 0 Å². The van der Waals surface area contributed by atoms with Gasteiger partial charge in [-0.1, -0.05) is 12.1 Å². The number of hydrogen-bond donors (Lipinski definition) is 2. The van der Waals surface area contributed by atoms with Crippen molar-refractivity contribution in [2.75, 3.05) is 29.1 Å². The lowest BCUT2D eigenvalue weighted by Gasteiger charge is -2.45. The summed E-state index contributed by atoms with van der Waals surface area (Å²) in [5, 5.41) is 6.33. The Morgan fingerprint density at radius 2 is 1.82 bits per heavy atom. The van der Waals surface area contributed by atoms with E-state index in [-0.39, 0.29) is 22.8 Å². The summed E-state index contributed by atoms with van der Waals surface area (Å²) in [5.74, 6) is -0.313. The molecule has 0 spiro atoms. The Morgan fingerprint density at radius 1 is 1.05 bits per heavy atom. The van der Waals surface area contributed by atoms with Crippen LogP contribution in [-0.2, 0) is 11.0 Å². The van der Waals surface area contributed by atoms with Crippen LogP contribution >= 0.6 is 0 Å². The second-order valence-corrected chi connectivity index (χ2v) is 10.2. The van der Waals surface area contributed by atoms with E-state index >= 15 is 0 Å². The van der Waals surface area contributed by atoms with Crippen LogP contribution in [0.5, 0.6) is 0 Å². The number of hydrogen-bond acceptors (Lipinski definition) is 5. The smallest absolute Gasteiger partial charge is 0.357 e. The molecule has 5 rings (SSSR count). The monoisotopic (exact) mass is 533 g/mol. The summed E-state index contributed by atoms with van der Waals surface area (Å²) >= 11 is 0. The molecule has 1 aliphatic heterocycles. The molecule has 2 amide bonds. The molecule has 39 heavy (non-hydrogen) atoms. The van der Waals surface area contributed by atoms with Gasteiger partial charge in [-0.25, -0.2) is 9.97 Å². The van der Waals surface area contributed by atoms with E-state index < -0.39 is 23.1 Å². The molecule has 1 saturated heterocycles. The second kappa shape index (κ2) is 9.37. The van der Waals surface area contributed by atoms with Gasteiger partial charge in [-0.05, 0) is 79.9 Å². The zero-order valence-electron chi connectivity index (χ0n) is 21.8. The molecule has 10 heteroatoms. The molecule has 0 atom stereocenters. The van der Waals surface area contributed by atoms with Gasteiger partial charge in [-0.2, -0.15) is 13.2 Å². The summed E-state index contributed by atoms with van der Waals surface area (Å²) in [4.78, 5) is 36.0. The highest BCUT2D eigenvalue weighted by atomic mass is 19.4. The number of nitrogens with zero attached hydrogens (tertiary/aromatic N) is 3. The maximum Gasteiger partial charge on any atom is 0.416 e. The molecule has 0 unspecified atom stereocenters. The van der Waals surface area contributed by atoms with E-state index in [4.69, 9.17) is 0 Å². The molecule has 7 nitrogen and oxygen atoms in total. The number of halogens is 3. The molecule has 2 N–H and O–H groups in total. The van der Waals surface area contributed by atoms with Crippen LogP contribution in [0.15, 0.2) is 60.8 Å². The van der Waals surface area contributed by atoms with Crippen molar-refractivity contribution in [1.29, 1.82) is 0 Å². The van der Waals surface area contributed by atoms with Crippen molar-refractivity contribution in [3.63, 3.8) is 0 Å². The molecule has 2 heterocycles. The maximum atomic E-state index is 13.5. The number of amides is 2. The average molecular weight is 534 g/mol. The Balaban J connectivity index is 1.49. The Bertz CT molecular complexity index is 1630. The number of rotatable bonds is 5. The number of β-lactam (4-membered cyclic amide) rings is 1. The number of anilines is 3. The Labute approximate surface area is 223 Å². The van der Waals surface area contributed by atoms with Crippen molar-refractivity contribution in [2.45, 2.75) is 26.9 Å². The summed E-state index contributed by atoms with van der Waals surface area (Å²) in [6.45, 7) is 5.77.